The zero-order valence-electron chi connectivity index (χ0n) is 15.7. The van der Waals surface area contributed by atoms with Crippen LogP contribution in [0.3, 0.4) is 0 Å². The first kappa shape index (κ1) is 17.6. The molecule has 0 radical (unpaired) electrons. The van der Waals surface area contributed by atoms with Crippen molar-refractivity contribution in [2.45, 2.75) is 13.2 Å². The number of nitrogens with zero attached hydrogens (tertiary/aromatic N) is 3. The van der Waals surface area contributed by atoms with Crippen molar-refractivity contribution in [2.75, 3.05) is 6.79 Å². The van der Waals surface area contributed by atoms with Gasteiger partial charge in [0.2, 0.25) is 0 Å². The van der Waals surface area contributed by atoms with Crippen molar-refractivity contribution in [1.29, 1.82) is 0 Å². The predicted octanol–water partition coefficient (Wildman–Crippen LogP) is 5.45. The monoisotopic (exact) mass is 419 g/mol. The maximum absolute atomic E-state index is 14.1. The summed E-state index contributed by atoms with van der Waals surface area (Å²) in [4.78, 5) is 9.64. The average molecular weight is 420 g/mol. The fourth-order valence-corrected chi connectivity index (χ4v) is 4.37. The van der Waals surface area contributed by atoms with Crippen LogP contribution < -0.4 is 4.74 Å². The quantitative estimate of drug-likeness (QED) is 0.382. The van der Waals surface area contributed by atoms with Crippen LogP contribution >= 0.6 is 11.6 Å². The molecule has 2 aromatic heterocycles. The molecule has 0 N–H and O–H groups in total. The highest BCUT2D eigenvalue weighted by atomic mass is 35.5. The lowest BCUT2D eigenvalue weighted by atomic mass is 10.1. The van der Waals surface area contributed by atoms with E-state index in [9.17, 15) is 4.39 Å². The van der Waals surface area contributed by atoms with Crippen LogP contribution in [0.15, 0.2) is 54.6 Å². The van der Waals surface area contributed by atoms with Gasteiger partial charge in [0.05, 0.1) is 29.7 Å². The second kappa shape index (κ2) is 6.65. The molecule has 0 bridgehead atoms. The van der Waals surface area contributed by atoms with Crippen LogP contribution in [0.2, 0.25) is 5.02 Å². The lowest BCUT2D eigenvalue weighted by Gasteiger charge is -2.21. The van der Waals surface area contributed by atoms with Gasteiger partial charge in [-0.1, -0.05) is 23.7 Å². The van der Waals surface area contributed by atoms with Crippen molar-refractivity contribution in [2.24, 2.45) is 0 Å². The minimum atomic E-state index is -0.308. The SMILES string of the molecule is Fc1ccc2c(c1)c1nc3ccccc3nc1n2Cc1cc(Cl)cc2c1OCOC2. The van der Waals surface area contributed by atoms with Crippen molar-refractivity contribution < 1.29 is 13.9 Å². The van der Waals surface area contributed by atoms with Crippen LogP contribution in [0.25, 0.3) is 33.1 Å². The second-order valence-electron chi connectivity index (χ2n) is 7.30. The summed E-state index contributed by atoms with van der Waals surface area (Å²) in [7, 11) is 0. The van der Waals surface area contributed by atoms with Gasteiger partial charge < -0.3 is 14.0 Å². The van der Waals surface area contributed by atoms with Gasteiger partial charge in [0.25, 0.3) is 0 Å². The molecule has 1 aliphatic heterocycles. The largest absolute Gasteiger partial charge is 0.467 e. The van der Waals surface area contributed by atoms with E-state index in [0.717, 1.165) is 38.8 Å². The molecule has 0 aliphatic carbocycles. The second-order valence-corrected chi connectivity index (χ2v) is 7.73. The van der Waals surface area contributed by atoms with Crippen LogP contribution in [0.4, 0.5) is 4.39 Å². The van der Waals surface area contributed by atoms with Gasteiger partial charge in [0, 0.05) is 21.5 Å². The summed E-state index contributed by atoms with van der Waals surface area (Å²) in [6.45, 7) is 1.11. The summed E-state index contributed by atoms with van der Waals surface area (Å²) in [6.07, 6.45) is 0. The fourth-order valence-electron chi connectivity index (χ4n) is 4.11. The Balaban J connectivity index is 1.64. The average Bonchev–Trinajstić information content (AvgIpc) is 3.04. The first-order chi connectivity index (χ1) is 14.7. The first-order valence-electron chi connectivity index (χ1n) is 9.53. The molecule has 0 spiro atoms. The van der Waals surface area contributed by atoms with Gasteiger partial charge in [-0.05, 0) is 42.5 Å². The van der Waals surface area contributed by atoms with Gasteiger partial charge in [-0.15, -0.1) is 0 Å². The molecule has 1 aliphatic rings. The molecule has 5 aromatic rings. The maximum atomic E-state index is 14.1. The molecule has 0 fully saturated rings. The first-order valence-corrected chi connectivity index (χ1v) is 9.91. The van der Waals surface area contributed by atoms with Crippen molar-refractivity contribution in [3.63, 3.8) is 0 Å². The topological polar surface area (TPSA) is 49.2 Å². The third-order valence-corrected chi connectivity index (χ3v) is 5.61. The standard InChI is InChI=1S/C23H15ClFN3O2/c24-15-7-13(22-14(8-15)11-29-12-30-22)10-28-20-6-5-16(25)9-17(20)21-23(28)27-19-4-2-1-3-18(19)26-21/h1-9H,10-12H2. The van der Waals surface area contributed by atoms with E-state index in [1.807, 2.05) is 41.0 Å². The summed E-state index contributed by atoms with van der Waals surface area (Å²) in [6, 6.07) is 16.1. The highest BCUT2D eigenvalue weighted by Gasteiger charge is 2.20. The van der Waals surface area contributed by atoms with Gasteiger partial charge in [0.15, 0.2) is 12.4 Å². The summed E-state index contributed by atoms with van der Waals surface area (Å²) in [5.41, 5.74) is 5.59. The third kappa shape index (κ3) is 2.72. The van der Waals surface area contributed by atoms with Crippen LogP contribution in [0, 0.1) is 5.82 Å². The van der Waals surface area contributed by atoms with Crippen molar-refractivity contribution in [3.8, 4) is 5.75 Å². The van der Waals surface area contributed by atoms with Crippen LogP contribution in [0.1, 0.15) is 11.1 Å². The zero-order valence-corrected chi connectivity index (χ0v) is 16.5. The Morgan fingerprint density at radius 1 is 1.03 bits per heavy atom. The molecular formula is C23H15ClFN3O2. The van der Waals surface area contributed by atoms with E-state index in [1.165, 1.54) is 12.1 Å². The van der Waals surface area contributed by atoms with Crippen LogP contribution in [-0.2, 0) is 17.9 Å². The van der Waals surface area contributed by atoms with Gasteiger partial charge in [-0.25, -0.2) is 14.4 Å². The molecule has 0 atom stereocenters. The number of fused-ring (bicyclic) bond motifs is 5. The Labute approximate surface area is 175 Å². The normalized spacial score (nSPS) is 13.7. The molecule has 3 aromatic carbocycles. The number of ether oxygens (including phenoxy) is 2. The Kier molecular flexibility index (Phi) is 3.91. The molecule has 0 saturated carbocycles. The number of benzene rings is 3. The maximum Gasteiger partial charge on any atom is 0.189 e. The van der Waals surface area contributed by atoms with E-state index >= 15 is 0 Å². The molecule has 148 valence electrons. The number of hydrogen-bond acceptors (Lipinski definition) is 4. The van der Waals surface area contributed by atoms with Crippen LogP contribution in [0.5, 0.6) is 5.75 Å². The number of aromatic nitrogens is 3. The van der Waals surface area contributed by atoms with Crippen molar-refractivity contribution in [1.82, 2.24) is 14.5 Å². The van der Waals surface area contributed by atoms with E-state index < -0.39 is 0 Å². The van der Waals surface area contributed by atoms with E-state index in [-0.39, 0.29) is 12.6 Å². The molecule has 0 amide bonds. The van der Waals surface area contributed by atoms with Crippen LogP contribution in [-0.4, -0.2) is 21.3 Å². The lowest BCUT2D eigenvalue weighted by Crippen LogP contribution is -2.14. The zero-order chi connectivity index (χ0) is 20.2. The Bertz CT molecular complexity index is 1460. The van der Waals surface area contributed by atoms with Gasteiger partial charge in [-0.2, -0.15) is 0 Å². The number of halogens is 2. The smallest absolute Gasteiger partial charge is 0.189 e. The Morgan fingerprint density at radius 2 is 1.87 bits per heavy atom. The molecular weight excluding hydrogens is 405 g/mol. The van der Waals surface area contributed by atoms with Gasteiger partial charge in [-0.3, -0.25) is 0 Å². The van der Waals surface area contributed by atoms with E-state index in [0.29, 0.717) is 29.3 Å². The van der Waals surface area contributed by atoms with Gasteiger partial charge in [0.1, 0.15) is 17.1 Å². The third-order valence-electron chi connectivity index (χ3n) is 5.39. The number of rotatable bonds is 2. The number of para-hydroxylation sites is 2. The summed E-state index contributed by atoms with van der Waals surface area (Å²) in [5, 5.41) is 1.34. The van der Waals surface area contributed by atoms with E-state index in [1.54, 1.807) is 6.07 Å². The molecule has 0 unspecified atom stereocenters. The van der Waals surface area contributed by atoms with E-state index in [4.69, 9.17) is 31.0 Å². The molecule has 6 rings (SSSR count). The molecule has 7 heteroatoms. The fraction of sp³-hybridized carbons (Fsp3) is 0.130. The van der Waals surface area contributed by atoms with Crippen molar-refractivity contribution >= 4 is 44.7 Å². The Hall–Kier alpha value is -3.22. The molecule has 0 saturated heterocycles. The minimum Gasteiger partial charge on any atom is -0.467 e. The van der Waals surface area contributed by atoms with Gasteiger partial charge >= 0.3 is 0 Å². The summed E-state index contributed by atoms with van der Waals surface area (Å²) in [5.74, 6) is 0.466. The van der Waals surface area contributed by atoms with Crippen molar-refractivity contribution in [3.05, 3.63) is 76.6 Å². The highest BCUT2D eigenvalue weighted by Crippen LogP contribution is 2.35. The molecule has 3 heterocycles. The highest BCUT2D eigenvalue weighted by molar-refractivity contribution is 6.30. The summed E-state index contributed by atoms with van der Waals surface area (Å²) < 4.78 is 27.3. The molecule has 30 heavy (non-hydrogen) atoms. The predicted molar refractivity (Wildman–Crippen MR) is 113 cm³/mol. The molecule has 5 nitrogen and oxygen atoms in total. The Morgan fingerprint density at radius 3 is 2.73 bits per heavy atom. The minimum absolute atomic E-state index is 0.199. The lowest BCUT2D eigenvalue weighted by molar-refractivity contribution is -0.0170. The number of hydrogen-bond donors (Lipinski definition) is 0. The summed E-state index contributed by atoms with van der Waals surface area (Å²) >= 11 is 6.36. The van der Waals surface area contributed by atoms with E-state index in [2.05, 4.69) is 0 Å².